The predicted octanol–water partition coefficient (Wildman–Crippen LogP) is 2.94. The molecule has 2 aliphatic heterocycles. The van der Waals surface area contributed by atoms with Crippen LogP contribution in [0.2, 0.25) is 0 Å². The van der Waals surface area contributed by atoms with Gasteiger partial charge in [0.15, 0.2) is 0 Å². The molecule has 0 saturated carbocycles. The average Bonchev–Trinajstić information content (AvgIpc) is 3.19. The third kappa shape index (κ3) is 2.48. The van der Waals surface area contributed by atoms with E-state index in [0.29, 0.717) is 19.5 Å². The van der Waals surface area contributed by atoms with Gasteiger partial charge in [0, 0.05) is 30.9 Å². The van der Waals surface area contributed by atoms with Crippen molar-refractivity contribution in [2.75, 3.05) is 22.9 Å². The molecule has 0 spiro atoms. The monoisotopic (exact) mass is 320 g/mol. The lowest BCUT2D eigenvalue weighted by molar-refractivity contribution is -0.124. The Balaban J connectivity index is 1.53. The number of hydrogen-bond donors (Lipinski definition) is 0. The second kappa shape index (κ2) is 5.78. The van der Waals surface area contributed by atoms with Gasteiger partial charge in [-0.2, -0.15) is 0 Å². The van der Waals surface area contributed by atoms with Gasteiger partial charge >= 0.3 is 0 Å². The number of carbonyl (C=O) groups is 2. The molecule has 4 heteroatoms. The minimum Gasteiger partial charge on any atom is -0.312 e. The third-order valence-corrected chi connectivity index (χ3v) is 4.97. The van der Waals surface area contributed by atoms with Gasteiger partial charge < -0.3 is 9.80 Å². The topological polar surface area (TPSA) is 40.6 Å². The van der Waals surface area contributed by atoms with Crippen molar-refractivity contribution in [3.63, 3.8) is 0 Å². The Bertz CT molecular complexity index is 798. The van der Waals surface area contributed by atoms with Gasteiger partial charge in [0.2, 0.25) is 11.8 Å². The summed E-state index contributed by atoms with van der Waals surface area (Å²) in [5, 5.41) is 0. The van der Waals surface area contributed by atoms with Gasteiger partial charge in [0.05, 0.1) is 5.92 Å². The van der Waals surface area contributed by atoms with Crippen molar-refractivity contribution < 1.29 is 9.59 Å². The van der Waals surface area contributed by atoms with Crippen LogP contribution in [0, 0.1) is 12.8 Å². The fourth-order valence-electron chi connectivity index (χ4n) is 3.63. The van der Waals surface area contributed by atoms with Crippen molar-refractivity contribution in [1.29, 1.82) is 0 Å². The maximum Gasteiger partial charge on any atom is 0.232 e. The van der Waals surface area contributed by atoms with Gasteiger partial charge in [0.25, 0.3) is 0 Å². The predicted molar refractivity (Wildman–Crippen MR) is 94.1 cm³/mol. The number of anilines is 2. The molecule has 4 rings (SSSR count). The van der Waals surface area contributed by atoms with E-state index in [1.165, 1.54) is 5.56 Å². The van der Waals surface area contributed by atoms with Crippen LogP contribution in [0.25, 0.3) is 0 Å². The Morgan fingerprint density at radius 1 is 1.08 bits per heavy atom. The zero-order valence-electron chi connectivity index (χ0n) is 13.7. The number of hydrogen-bond acceptors (Lipinski definition) is 2. The molecule has 2 aliphatic rings. The maximum absolute atomic E-state index is 12.9. The second-order valence-electron chi connectivity index (χ2n) is 6.61. The standard InChI is InChI=1S/C20H20N2O2/c1-14-6-8-17(9-7-14)22-13-16(12-19(22)23)20(24)21-11-10-15-4-2-3-5-18(15)21/h2-9,16H,10-13H2,1H3/t16-/m0/s1. The first-order chi connectivity index (χ1) is 11.6. The number of rotatable bonds is 2. The van der Waals surface area contributed by atoms with Crippen LogP contribution in [0.4, 0.5) is 11.4 Å². The molecule has 2 heterocycles. The highest BCUT2D eigenvalue weighted by molar-refractivity contribution is 6.05. The van der Waals surface area contributed by atoms with E-state index in [0.717, 1.165) is 23.4 Å². The van der Waals surface area contributed by atoms with Gasteiger partial charge in [0.1, 0.15) is 0 Å². The lowest BCUT2D eigenvalue weighted by Crippen LogP contribution is -2.36. The van der Waals surface area contributed by atoms with Gasteiger partial charge in [-0.3, -0.25) is 9.59 Å². The van der Waals surface area contributed by atoms with Gasteiger partial charge in [-0.05, 0) is 37.1 Å². The first kappa shape index (κ1) is 14.9. The quantitative estimate of drug-likeness (QED) is 0.853. The Kier molecular flexibility index (Phi) is 3.60. The molecule has 2 aromatic carbocycles. The van der Waals surface area contributed by atoms with Crippen molar-refractivity contribution in [2.24, 2.45) is 5.92 Å². The number of nitrogens with zero attached hydrogens (tertiary/aromatic N) is 2. The molecule has 0 N–H and O–H groups in total. The van der Waals surface area contributed by atoms with E-state index < -0.39 is 0 Å². The van der Waals surface area contributed by atoms with Crippen LogP contribution in [-0.2, 0) is 16.0 Å². The van der Waals surface area contributed by atoms with E-state index >= 15 is 0 Å². The first-order valence-electron chi connectivity index (χ1n) is 8.40. The summed E-state index contributed by atoms with van der Waals surface area (Å²) >= 11 is 0. The van der Waals surface area contributed by atoms with Crippen molar-refractivity contribution in [3.8, 4) is 0 Å². The molecule has 2 amide bonds. The van der Waals surface area contributed by atoms with E-state index in [4.69, 9.17) is 0 Å². The molecule has 0 aromatic heterocycles. The van der Waals surface area contributed by atoms with Gasteiger partial charge in [-0.25, -0.2) is 0 Å². The minimum absolute atomic E-state index is 0.0321. The molecule has 2 aromatic rings. The number of carbonyl (C=O) groups excluding carboxylic acids is 2. The Morgan fingerprint density at radius 2 is 1.83 bits per heavy atom. The maximum atomic E-state index is 12.9. The van der Waals surface area contributed by atoms with Gasteiger partial charge in [-0.15, -0.1) is 0 Å². The molecule has 122 valence electrons. The highest BCUT2D eigenvalue weighted by Crippen LogP contribution is 2.32. The van der Waals surface area contributed by atoms with E-state index in [-0.39, 0.29) is 17.7 Å². The van der Waals surface area contributed by atoms with Crippen LogP contribution in [0.15, 0.2) is 48.5 Å². The highest BCUT2D eigenvalue weighted by Gasteiger charge is 2.38. The zero-order valence-corrected chi connectivity index (χ0v) is 13.7. The third-order valence-electron chi connectivity index (χ3n) is 4.97. The van der Waals surface area contributed by atoms with E-state index in [1.807, 2.05) is 54.3 Å². The molecule has 0 aliphatic carbocycles. The van der Waals surface area contributed by atoms with Crippen molar-refractivity contribution in [3.05, 3.63) is 59.7 Å². The molecule has 0 unspecified atom stereocenters. The molecule has 24 heavy (non-hydrogen) atoms. The van der Waals surface area contributed by atoms with Gasteiger partial charge in [-0.1, -0.05) is 35.9 Å². The summed E-state index contributed by atoms with van der Waals surface area (Å²) in [4.78, 5) is 28.9. The smallest absolute Gasteiger partial charge is 0.232 e. The Labute approximate surface area is 141 Å². The van der Waals surface area contributed by atoms with Crippen LogP contribution in [0.1, 0.15) is 17.5 Å². The number of fused-ring (bicyclic) bond motifs is 1. The summed E-state index contributed by atoms with van der Waals surface area (Å²) in [7, 11) is 0. The van der Waals surface area contributed by atoms with E-state index in [2.05, 4.69) is 6.07 Å². The minimum atomic E-state index is -0.259. The summed E-state index contributed by atoms with van der Waals surface area (Å²) in [6, 6.07) is 15.9. The zero-order chi connectivity index (χ0) is 16.7. The van der Waals surface area contributed by atoms with Crippen LogP contribution in [0.5, 0.6) is 0 Å². The summed E-state index contributed by atoms with van der Waals surface area (Å²) in [5.41, 5.74) is 4.25. The van der Waals surface area contributed by atoms with Crippen molar-refractivity contribution >= 4 is 23.2 Å². The van der Waals surface area contributed by atoms with E-state index in [9.17, 15) is 9.59 Å². The van der Waals surface area contributed by atoms with Crippen molar-refractivity contribution in [2.45, 2.75) is 19.8 Å². The Morgan fingerprint density at radius 3 is 2.62 bits per heavy atom. The fourth-order valence-corrected chi connectivity index (χ4v) is 3.63. The van der Waals surface area contributed by atoms with Crippen LogP contribution in [0.3, 0.4) is 0 Å². The average molecular weight is 320 g/mol. The molecular formula is C20H20N2O2. The molecule has 1 atom stereocenters. The number of amides is 2. The Hall–Kier alpha value is -2.62. The summed E-state index contributed by atoms with van der Waals surface area (Å²) in [6.07, 6.45) is 1.19. The molecular weight excluding hydrogens is 300 g/mol. The van der Waals surface area contributed by atoms with E-state index in [1.54, 1.807) is 4.90 Å². The molecule has 1 fully saturated rings. The number of aryl methyl sites for hydroxylation is 1. The summed E-state index contributed by atoms with van der Waals surface area (Å²) in [6.45, 7) is 3.21. The highest BCUT2D eigenvalue weighted by atomic mass is 16.2. The lowest BCUT2D eigenvalue weighted by Gasteiger charge is -2.21. The molecule has 0 bridgehead atoms. The number of benzene rings is 2. The SMILES string of the molecule is Cc1ccc(N2C[C@@H](C(=O)N3CCc4ccccc43)CC2=O)cc1. The lowest BCUT2D eigenvalue weighted by atomic mass is 10.1. The molecule has 1 saturated heterocycles. The second-order valence-corrected chi connectivity index (χ2v) is 6.61. The van der Waals surface area contributed by atoms with Crippen LogP contribution < -0.4 is 9.80 Å². The summed E-state index contributed by atoms with van der Waals surface area (Å²) in [5.74, 6) is -0.155. The normalized spacial score (nSPS) is 19.7. The first-order valence-corrected chi connectivity index (χ1v) is 8.40. The van der Waals surface area contributed by atoms with Crippen molar-refractivity contribution in [1.82, 2.24) is 0 Å². The molecule has 4 nitrogen and oxygen atoms in total. The summed E-state index contributed by atoms with van der Waals surface area (Å²) < 4.78 is 0. The largest absolute Gasteiger partial charge is 0.312 e. The van der Waals surface area contributed by atoms with Crippen LogP contribution in [-0.4, -0.2) is 24.9 Å². The fraction of sp³-hybridized carbons (Fsp3) is 0.300. The van der Waals surface area contributed by atoms with Crippen LogP contribution >= 0.6 is 0 Å². The molecule has 0 radical (unpaired) electrons. The number of para-hydroxylation sites is 1.